The van der Waals surface area contributed by atoms with Crippen molar-refractivity contribution in [1.29, 1.82) is 0 Å². The molecule has 0 unspecified atom stereocenters. The van der Waals surface area contributed by atoms with Gasteiger partial charge in [0.05, 0.1) is 4.90 Å². The highest BCUT2D eigenvalue weighted by Gasteiger charge is 2.37. The molecule has 0 bridgehead atoms. The van der Waals surface area contributed by atoms with E-state index in [2.05, 4.69) is 20.0 Å². The molecular formula is C34H39FN4O7S. The maximum Gasteiger partial charge on any atom is 0.407 e. The zero-order chi connectivity index (χ0) is 34.1. The summed E-state index contributed by atoms with van der Waals surface area (Å²) in [4.78, 5) is 32.3. The van der Waals surface area contributed by atoms with Crippen LogP contribution in [0, 0.1) is 20.8 Å². The zero-order valence-corrected chi connectivity index (χ0v) is 27.8. The van der Waals surface area contributed by atoms with E-state index in [0.29, 0.717) is 23.3 Å². The van der Waals surface area contributed by atoms with Crippen molar-refractivity contribution in [2.24, 2.45) is 10.7 Å². The highest BCUT2D eigenvalue weighted by Crippen LogP contribution is 2.45. The SMILES string of the molecule is Cc1c(C)c(S(=O)(=O)NC(N)=NCCC[C@H](NC(=O)OCC2c3ccccc3-c3ccccc32)C(=O)OF)c(C)c2c1OC(C)(C)C2. The minimum Gasteiger partial charge on any atom is -0.487 e. The fourth-order valence-corrected chi connectivity index (χ4v) is 7.97. The Hall–Kier alpha value is -4.65. The molecule has 5 rings (SSSR count). The molecule has 1 aliphatic heterocycles. The average Bonchev–Trinajstić information content (AvgIpc) is 3.53. The Morgan fingerprint density at radius 1 is 1.04 bits per heavy atom. The number of rotatable bonds is 10. The van der Waals surface area contributed by atoms with Gasteiger partial charge in [0.1, 0.15) is 24.0 Å². The summed E-state index contributed by atoms with van der Waals surface area (Å²) in [6.45, 7) is 9.15. The van der Waals surface area contributed by atoms with Gasteiger partial charge >= 0.3 is 12.1 Å². The smallest absolute Gasteiger partial charge is 0.407 e. The summed E-state index contributed by atoms with van der Waals surface area (Å²) >= 11 is 0. The topological polar surface area (TPSA) is 158 Å². The largest absolute Gasteiger partial charge is 0.487 e. The van der Waals surface area contributed by atoms with Crippen LogP contribution in [0.4, 0.5) is 9.32 Å². The summed E-state index contributed by atoms with van der Waals surface area (Å²) in [6.07, 6.45) is -0.293. The quantitative estimate of drug-likeness (QED) is 0.154. The van der Waals surface area contributed by atoms with Gasteiger partial charge in [0.15, 0.2) is 0 Å². The lowest BCUT2D eigenvalue weighted by atomic mass is 9.94. The molecule has 0 aromatic heterocycles. The number of sulfonamides is 1. The van der Waals surface area contributed by atoms with Crippen molar-refractivity contribution >= 4 is 28.0 Å². The van der Waals surface area contributed by atoms with Crippen molar-refractivity contribution in [3.63, 3.8) is 0 Å². The standard InChI is InChI=1S/C34H39FN4O7S/c1-19-20(2)30(21(3)26-17-34(4,5)45-29(19)26)47(42,43)39-32(36)37-16-10-15-28(31(40)46-35)38-33(41)44-18-27-24-13-8-6-11-22(24)23-12-7-9-14-25(23)27/h6-9,11-14,27-28H,10,15-18H2,1-5H3,(H,38,41)(H3,36,37,39)/t28-/m0/s1. The molecule has 2 aliphatic rings. The average molecular weight is 667 g/mol. The molecule has 47 heavy (non-hydrogen) atoms. The number of halogens is 1. The Bertz CT molecular complexity index is 1810. The van der Waals surface area contributed by atoms with E-state index in [1.807, 2.05) is 69.3 Å². The lowest BCUT2D eigenvalue weighted by Gasteiger charge is -2.19. The van der Waals surface area contributed by atoms with Crippen molar-refractivity contribution in [2.75, 3.05) is 13.2 Å². The monoisotopic (exact) mass is 666 g/mol. The molecule has 11 nitrogen and oxygen atoms in total. The van der Waals surface area contributed by atoms with E-state index < -0.39 is 33.7 Å². The van der Waals surface area contributed by atoms with E-state index in [0.717, 1.165) is 33.4 Å². The number of nitrogens with zero attached hydrogens (tertiary/aromatic N) is 1. The summed E-state index contributed by atoms with van der Waals surface area (Å²) in [5.41, 5.74) is 12.3. The van der Waals surface area contributed by atoms with Crippen LogP contribution >= 0.6 is 0 Å². The Morgan fingerprint density at radius 3 is 2.28 bits per heavy atom. The number of nitrogens with two attached hydrogens (primary N) is 1. The number of fused-ring (bicyclic) bond motifs is 4. The third-order valence-corrected chi connectivity index (χ3v) is 10.4. The first-order valence-electron chi connectivity index (χ1n) is 15.3. The summed E-state index contributed by atoms with van der Waals surface area (Å²) < 4.78 is 53.5. The van der Waals surface area contributed by atoms with E-state index in [1.165, 1.54) is 0 Å². The van der Waals surface area contributed by atoms with Gasteiger partial charge in [-0.3, -0.25) is 9.93 Å². The van der Waals surface area contributed by atoms with Crippen LogP contribution in [-0.4, -0.2) is 51.2 Å². The Labute approximate surface area is 273 Å². The minimum atomic E-state index is -4.10. The van der Waals surface area contributed by atoms with E-state index in [-0.39, 0.29) is 42.8 Å². The van der Waals surface area contributed by atoms with Crippen molar-refractivity contribution in [2.45, 2.75) is 76.3 Å². The number of aliphatic imine (C=N–C) groups is 1. The molecule has 0 radical (unpaired) electrons. The van der Waals surface area contributed by atoms with E-state index >= 15 is 0 Å². The summed E-state index contributed by atoms with van der Waals surface area (Å²) in [5, 5.41) is 2.35. The highest BCUT2D eigenvalue weighted by molar-refractivity contribution is 7.90. The summed E-state index contributed by atoms with van der Waals surface area (Å²) in [6, 6.07) is 14.3. The van der Waals surface area contributed by atoms with E-state index in [4.69, 9.17) is 15.2 Å². The van der Waals surface area contributed by atoms with E-state index in [1.54, 1.807) is 13.8 Å². The summed E-state index contributed by atoms with van der Waals surface area (Å²) in [5.74, 6) is -1.15. The van der Waals surface area contributed by atoms with Crippen molar-refractivity contribution < 1.29 is 36.9 Å². The molecule has 0 fully saturated rings. The number of alkyl carbamates (subject to hydrolysis) is 1. The van der Waals surface area contributed by atoms with Crippen molar-refractivity contribution in [1.82, 2.24) is 10.0 Å². The number of ether oxygens (including phenoxy) is 2. The zero-order valence-electron chi connectivity index (χ0n) is 27.0. The third-order valence-electron chi connectivity index (χ3n) is 8.73. The molecular weight excluding hydrogens is 627 g/mol. The molecule has 0 saturated carbocycles. The van der Waals surface area contributed by atoms with E-state index in [9.17, 15) is 22.5 Å². The van der Waals surface area contributed by atoms with Gasteiger partial charge < -0.3 is 20.5 Å². The van der Waals surface area contributed by atoms with Gasteiger partial charge in [0.2, 0.25) is 5.96 Å². The van der Waals surface area contributed by atoms with Crippen molar-refractivity contribution in [3.8, 4) is 16.9 Å². The Kier molecular flexibility index (Phi) is 9.48. The van der Waals surface area contributed by atoms with Gasteiger partial charge in [-0.15, -0.1) is 0 Å². The van der Waals surface area contributed by atoms with Gasteiger partial charge in [-0.05, 0) is 86.4 Å². The number of amides is 1. The molecule has 3 aromatic rings. The number of nitrogens with one attached hydrogen (secondary N) is 2. The molecule has 1 amide bonds. The number of benzene rings is 3. The molecule has 1 heterocycles. The maximum atomic E-state index is 13.4. The molecule has 1 atom stereocenters. The maximum absolute atomic E-state index is 13.4. The number of carbonyl (C=O) groups excluding carboxylic acids is 2. The Morgan fingerprint density at radius 2 is 1.66 bits per heavy atom. The number of hydrogen-bond donors (Lipinski definition) is 3. The van der Waals surface area contributed by atoms with Crippen LogP contribution in [0.1, 0.15) is 66.0 Å². The van der Waals surface area contributed by atoms with Gasteiger partial charge in [-0.1, -0.05) is 48.5 Å². The van der Waals surface area contributed by atoms with Gasteiger partial charge in [-0.2, -0.15) is 0 Å². The normalized spacial score (nSPS) is 15.6. The molecule has 13 heteroatoms. The van der Waals surface area contributed by atoms with Gasteiger partial charge in [0.25, 0.3) is 10.0 Å². The molecule has 0 spiro atoms. The second kappa shape index (κ2) is 13.2. The molecule has 1 aliphatic carbocycles. The lowest BCUT2D eigenvalue weighted by molar-refractivity contribution is -0.186. The third kappa shape index (κ3) is 6.90. The van der Waals surface area contributed by atoms with Crippen LogP contribution in [-0.2, 0) is 30.9 Å². The molecule has 3 aromatic carbocycles. The highest BCUT2D eigenvalue weighted by atomic mass is 32.2. The first-order valence-corrected chi connectivity index (χ1v) is 16.8. The molecule has 250 valence electrons. The number of guanidine groups is 1. The number of hydrogen-bond acceptors (Lipinski definition) is 8. The van der Waals surface area contributed by atoms with Crippen LogP contribution in [0.5, 0.6) is 5.75 Å². The fourth-order valence-electron chi connectivity index (χ4n) is 6.45. The molecule has 4 N–H and O–H groups in total. The van der Waals surface area contributed by atoms with Crippen molar-refractivity contribution in [3.05, 3.63) is 81.9 Å². The second-order valence-electron chi connectivity index (χ2n) is 12.5. The van der Waals surface area contributed by atoms with Crippen LogP contribution in [0.25, 0.3) is 11.1 Å². The number of carbonyl (C=O) groups is 2. The minimum absolute atomic E-state index is 0.00566. The fraction of sp³-hybridized carbons (Fsp3) is 0.382. The first-order chi connectivity index (χ1) is 22.2. The second-order valence-corrected chi connectivity index (χ2v) is 14.1. The predicted molar refractivity (Wildman–Crippen MR) is 174 cm³/mol. The van der Waals surface area contributed by atoms with Crippen LogP contribution in [0.3, 0.4) is 0 Å². The predicted octanol–water partition coefficient (Wildman–Crippen LogP) is 5.03. The van der Waals surface area contributed by atoms with Crippen LogP contribution < -0.4 is 20.5 Å². The lowest BCUT2D eigenvalue weighted by Crippen LogP contribution is -2.42. The first kappa shape index (κ1) is 33.7. The summed E-state index contributed by atoms with van der Waals surface area (Å²) in [7, 11) is -4.10. The Balaban J connectivity index is 1.17. The van der Waals surface area contributed by atoms with Crippen LogP contribution in [0.2, 0.25) is 0 Å². The van der Waals surface area contributed by atoms with Gasteiger partial charge in [-0.25, -0.2) is 22.7 Å². The van der Waals surface area contributed by atoms with Crippen LogP contribution in [0.15, 0.2) is 58.4 Å². The van der Waals surface area contributed by atoms with Gasteiger partial charge in [0, 0.05) is 29.0 Å². The molecule has 0 saturated heterocycles.